The first-order valence-electron chi connectivity index (χ1n) is 8.08. The topological polar surface area (TPSA) is 79.4 Å². The molecule has 0 aliphatic carbocycles. The average molecular weight is 442 g/mol. The maximum Gasteiger partial charge on any atom is 0.243 e. The molecule has 2 atom stereocenters. The lowest BCUT2D eigenvalue weighted by atomic mass is 10.2. The number of benzene rings is 2. The molecule has 0 radical (unpaired) electrons. The molecule has 0 aromatic heterocycles. The molecule has 2 aromatic carbocycles. The molecule has 0 spiro atoms. The molecule has 26 heavy (non-hydrogen) atoms. The van der Waals surface area contributed by atoms with Gasteiger partial charge in [0.15, 0.2) is 0 Å². The van der Waals surface area contributed by atoms with E-state index in [0.29, 0.717) is 12.4 Å². The number of ether oxygens (including phenoxy) is 2. The van der Waals surface area contributed by atoms with Crippen molar-refractivity contribution in [3.8, 4) is 5.75 Å². The first kappa shape index (κ1) is 19.3. The van der Waals surface area contributed by atoms with Gasteiger partial charge in [-0.3, -0.25) is 0 Å². The zero-order chi connectivity index (χ0) is 18.7. The van der Waals surface area contributed by atoms with Gasteiger partial charge in [0.2, 0.25) is 10.0 Å². The van der Waals surface area contributed by atoms with Crippen molar-refractivity contribution in [2.24, 2.45) is 0 Å². The number of sulfonamides is 1. The van der Waals surface area contributed by atoms with Gasteiger partial charge >= 0.3 is 0 Å². The Bertz CT molecular complexity index is 835. The van der Waals surface area contributed by atoms with E-state index in [-0.39, 0.29) is 24.2 Å². The van der Waals surface area contributed by atoms with Crippen LogP contribution in [0.15, 0.2) is 57.9 Å². The SMILES string of the molecule is COc1ccc(CN([C@@H](CO)[C@H]2CO2)S(=O)(=O)c2ccc(Br)cc2)cc1. The Morgan fingerprint density at radius 2 is 1.85 bits per heavy atom. The van der Waals surface area contributed by atoms with E-state index in [1.54, 1.807) is 43.5 Å². The predicted molar refractivity (Wildman–Crippen MR) is 100 cm³/mol. The quantitative estimate of drug-likeness (QED) is 0.636. The average Bonchev–Trinajstić information content (AvgIpc) is 3.47. The number of aliphatic hydroxyl groups excluding tert-OH is 1. The third kappa shape index (κ3) is 4.27. The molecule has 1 fully saturated rings. The van der Waals surface area contributed by atoms with E-state index in [2.05, 4.69) is 15.9 Å². The smallest absolute Gasteiger partial charge is 0.243 e. The van der Waals surface area contributed by atoms with Crippen LogP contribution >= 0.6 is 15.9 Å². The zero-order valence-electron chi connectivity index (χ0n) is 14.2. The van der Waals surface area contributed by atoms with E-state index < -0.39 is 16.1 Å². The summed E-state index contributed by atoms with van der Waals surface area (Å²) >= 11 is 3.31. The third-order valence-electron chi connectivity index (χ3n) is 4.26. The summed E-state index contributed by atoms with van der Waals surface area (Å²) in [5.41, 5.74) is 0.797. The Morgan fingerprint density at radius 1 is 1.23 bits per heavy atom. The number of halogens is 1. The zero-order valence-corrected chi connectivity index (χ0v) is 16.6. The summed E-state index contributed by atoms with van der Waals surface area (Å²) in [5, 5.41) is 9.81. The molecular formula is C18H20BrNO5S. The van der Waals surface area contributed by atoms with Gasteiger partial charge in [0.1, 0.15) is 5.75 Å². The maximum atomic E-state index is 13.2. The Morgan fingerprint density at radius 3 is 2.35 bits per heavy atom. The fourth-order valence-electron chi connectivity index (χ4n) is 2.71. The summed E-state index contributed by atoms with van der Waals surface area (Å²) in [4.78, 5) is 0.174. The summed E-state index contributed by atoms with van der Waals surface area (Å²) in [5.74, 6) is 0.695. The molecule has 1 saturated heterocycles. The molecule has 0 unspecified atom stereocenters. The van der Waals surface area contributed by atoms with Gasteiger partial charge in [-0.15, -0.1) is 0 Å². The highest BCUT2D eigenvalue weighted by atomic mass is 79.9. The van der Waals surface area contributed by atoms with E-state index in [9.17, 15) is 13.5 Å². The molecule has 0 saturated carbocycles. The molecule has 8 heteroatoms. The molecule has 1 aliphatic rings. The second-order valence-electron chi connectivity index (χ2n) is 5.97. The van der Waals surface area contributed by atoms with Gasteiger partial charge in [-0.2, -0.15) is 4.31 Å². The lowest BCUT2D eigenvalue weighted by Gasteiger charge is -2.29. The van der Waals surface area contributed by atoms with Crippen LogP contribution in [0.3, 0.4) is 0 Å². The Balaban J connectivity index is 1.95. The lowest BCUT2D eigenvalue weighted by Crippen LogP contribution is -2.45. The van der Waals surface area contributed by atoms with Crippen LogP contribution in [0.1, 0.15) is 5.56 Å². The number of rotatable bonds is 8. The van der Waals surface area contributed by atoms with Gasteiger partial charge in [0.05, 0.1) is 37.4 Å². The summed E-state index contributed by atoms with van der Waals surface area (Å²) in [7, 11) is -2.23. The summed E-state index contributed by atoms with van der Waals surface area (Å²) < 4.78 is 39.0. The number of epoxide rings is 1. The predicted octanol–water partition coefficient (Wildman–Crippen LogP) is 2.41. The van der Waals surface area contributed by atoms with Crippen LogP contribution in [0, 0.1) is 0 Å². The van der Waals surface area contributed by atoms with Crippen LogP contribution in [0.2, 0.25) is 0 Å². The van der Waals surface area contributed by atoms with Gasteiger partial charge in [-0.05, 0) is 42.0 Å². The summed E-state index contributed by atoms with van der Waals surface area (Å²) in [6.07, 6.45) is -0.288. The fraction of sp³-hybridized carbons (Fsp3) is 0.333. The molecular weight excluding hydrogens is 422 g/mol. The Labute approximate surface area is 161 Å². The van der Waals surface area contributed by atoms with E-state index >= 15 is 0 Å². The van der Waals surface area contributed by atoms with Crippen molar-refractivity contribution in [1.29, 1.82) is 0 Å². The fourth-order valence-corrected chi connectivity index (χ4v) is 4.60. The van der Waals surface area contributed by atoms with Crippen molar-refractivity contribution in [2.75, 3.05) is 20.3 Å². The van der Waals surface area contributed by atoms with Crippen molar-refractivity contribution in [2.45, 2.75) is 23.6 Å². The molecule has 1 heterocycles. The van der Waals surface area contributed by atoms with Crippen LogP contribution in [0.4, 0.5) is 0 Å². The molecule has 0 amide bonds. The van der Waals surface area contributed by atoms with Crippen molar-refractivity contribution >= 4 is 26.0 Å². The summed E-state index contributed by atoms with van der Waals surface area (Å²) in [6.45, 7) is 0.268. The monoisotopic (exact) mass is 441 g/mol. The lowest BCUT2D eigenvalue weighted by molar-refractivity contribution is 0.154. The van der Waals surface area contributed by atoms with Crippen molar-refractivity contribution in [3.63, 3.8) is 0 Å². The molecule has 2 aromatic rings. The highest BCUT2D eigenvalue weighted by molar-refractivity contribution is 9.10. The van der Waals surface area contributed by atoms with E-state index in [4.69, 9.17) is 9.47 Å². The standard InChI is InChI=1S/C18H20BrNO5S/c1-24-15-6-2-13(3-7-15)10-20(17(11-21)18-12-25-18)26(22,23)16-8-4-14(19)5-9-16/h2-9,17-18,21H,10-12H2,1H3/t17-,18+/m0/s1. The van der Waals surface area contributed by atoms with Crippen LogP contribution in [-0.4, -0.2) is 50.3 Å². The molecule has 6 nitrogen and oxygen atoms in total. The Hall–Kier alpha value is -1.45. The van der Waals surface area contributed by atoms with Gasteiger partial charge in [0.25, 0.3) is 0 Å². The number of hydrogen-bond donors (Lipinski definition) is 1. The Kier molecular flexibility index (Phi) is 5.99. The molecule has 3 rings (SSSR count). The number of methoxy groups -OCH3 is 1. The normalized spacial score (nSPS) is 17.9. The minimum Gasteiger partial charge on any atom is -0.497 e. The maximum absolute atomic E-state index is 13.2. The highest BCUT2D eigenvalue weighted by Crippen LogP contribution is 2.28. The molecule has 1 N–H and O–H groups in total. The molecule has 0 bridgehead atoms. The van der Waals surface area contributed by atoms with Crippen molar-refractivity contribution in [3.05, 3.63) is 58.6 Å². The first-order chi connectivity index (χ1) is 12.5. The molecule has 140 valence electrons. The van der Waals surface area contributed by atoms with Crippen LogP contribution in [-0.2, 0) is 21.3 Å². The number of hydrogen-bond acceptors (Lipinski definition) is 5. The highest BCUT2D eigenvalue weighted by Gasteiger charge is 2.42. The van der Waals surface area contributed by atoms with Crippen LogP contribution < -0.4 is 4.74 Å². The summed E-state index contributed by atoms with van der Waals surface area (Å²) in [6, 6.07) is 13.0. The minimum absolute atomic E-state index is 0.132. The van der Waals surface area contributed by atoms with E-state index in [0.717, 1.165) is 10.0 Å². The van der Waals surface area contributed by atoms with Gasteiger partial charge in [-0.25, -0.2) is 8.42 Å². The number of nitrogens with zero attached hydrogens (tertiary/aromatic N) is 1. The van der Waals surface area contributed by atoms with Crippen molar-refractivity contribution < 1.29 is 23.0 Å². The van der Waals surface area contributed by atoms with Crippen LogP contribution in [0.5, 0.6) is 5.75 Å². The van der Waals surface area contributed by atoms with E-state index in [1.807, 2.05) is 12.1 Å². The second-order valence-corrected chi connectivity index (χ2v) is 8.78. The van der Waals surface area contributed by atoms with Crippen LogP contribution in [0.25, 0.3) is 0 Å². The second kappa shape index (κ2) is 8.06. The minimum atomic E-state index is -3.81. The van der Waals surface area contributed by atoms with Gasteiger partial charge in [-0.1, -0.05) is 28.1 Å². The van der Waals surface area contributed by atoms with E-state index in [1.165, 1.54) is 4.31 Å². The van der Waals surface area contributed by atoms with Gasteiger partial charge in [0, 0.05) is 11.0 Å². The largest absolute Gasteiger partial charge is 0.497 e. The number of aliphatic hydroxyl groups is 1. The molecule has 1 aliphatic heterocycles. The van der Waals surface area contributed by atoms with Gasteiger partial charge < -0.3 is 14.6 Å². The van der Waals surface area contributed by atoms with Crippen molar-refractivity contribution in [1.82, 2.24) is 4.31 Å². The third-order valence-corrected chi connectivity index (χ3v) is 6.68. The first-order valence-corrected chi connectivity index (χ1v) is 10.3.